The van der Waals surface area contributed by atoms with Crippen molar-refractivity contribution in [2.24, 2.45) is 0 Å². The minimum Gasteiger partial charge on any atom is -0.486 e. The second-order valence-corrected chi connectivity index (χ2v) is 6.41. The number of fused-ring (bicyclic) bond motifs is 1. The molecular weight excluding hydrogens is 264 g/mol. The zero-order chi connectivity index (χ0) is 14.0. The summed E-state index contributed by atoms with van der Waals surface area (Å²) in [5, 5.41) is 0. The van der Waals surface area contributed by atoms with Crippen LogP contribution in [0.15, 0.2) is 23.1 Å². The van der Waals surface area contributed by atoms with Crippen LogP contribution in [0.5, 0.6) is 5.75 Å². The zero-order valence-corrected chi connectivity index (χ0v) is 12.3. The van der Waals surface area contributed by atoms with E-state index in [9.17, 15) is 8.42 Å². The number of benzene rings is 1. The van der Waals surface area contributed by atoms with Gasteiger partial charge in [-0.15, -0.1) is 0 Å². The molecule has 0 aromatic heterocycles. The van der Waals surface area contributed by atoms with Crippen LogP contribution in [0.3, 0.4) is 0 Å². The number of anilines is 1. The van der Waals surface area contributed by atoms with Gasteiger partial charge in [0.2, 0.25) is 10.0 Å². The molecule has 1 aromatic rings. The molecule has 19 heavy (non-hydrogen) atoms. The lowest BCUT2D eigenvalue weighted by Crippen LogP contribution is -2.39. The van der Waals surface area contributed by atoms with E-state index in [1.165, 1.54) is 7.05 Å². The molecule has 0 radical (unpaired) electrons. The van der Waals surface area contributed by atoms with E-state index in [1.807, 2.05) is 0 Å². The molecule has 1 aromatic carbocycles. The fraction of sp³-hybridized carbons (Fsp3) is 0.538. The van der Waals surface area contributed by atoms with E-state index in [4.69, 9.17) is 4.74 Å². The van der Waals surface area contributed by atoms with E-state index in [0.717, 1.165) is 30.9 Å². The van der Waals surface area contributed by atoms with Gasteiger partial charge in [-0.25, -0.2) is 13.1 Å². The highest BCUT2D eigenvalue weighted by molar-refractivity contribution is 7.89. The van der Waals surface area contributed by atoms with Crippen LogP contribution >= 0.6 is 0 Å². The maximum absolute atomic E-state index is 11.8. The summed E-state index contributed by atoms with van der Waals surface area (Å²) in [7, 11) is -2.00. The number of nitrogens with zero attached hydrogens (tertiary/aromatic N) is 1. The Kier molecular flexibility index (Phi) is 4.01. The van der Waals surface area contributed by atoms with Gasteiger partial charge >= 0.3 is 0 Å². The van der Waals surface area contributed by atoms with Gasteiger partial charge in [-0.05, 0) is 38.6 Å². The van der Waals surface area contributed by atoms with Gasteiger partial charge < -0.3 is 9.64 Å². The van der Waals surface area contributed by atoms with Gasteiger partial charge in [0.1, 0.15) is 11.9 Å². The topological polar surface area (TPSA) is 58.6 Å². The molecule has 0 saturated carbocycles. The third-order valence-electron chi connectivity index (χ3n) is 3.40. The lowest BCUT2D eigenvalue weighted by atomic mass is 10.1. The van der Waals surface area contributed by atoms with Gasteiger partial charge in [0.15, 0.2) is 0 Å². The molecule has 1 unspecified atom stereocenters. The Morgan fingerprint density at radius 3 is 2.74 bits per heavy atom. The number of nitrogens with one attached hydrogen (secondary N) is 1. The van der Waals surface area contributed by atoms with Crippen LogP contribution in [0.1, 0.15) is 20.3 Å². The Bertz CT molecular complexity index is 557. The third-order valence-corrected chi connectivity index (χ3v) is 4.82. The molecule has 1 heterocycles. The molecule has 1 atom stereocenters. The van der Waals surface area contributed by atoms with Crippen molar-refractivity contribution >= 4 is 15.7 Å². The number of ether oxygens (including phenoxy) is 1. The van der Waals surface area contributed by atoms with Crippen molar-refractivity contribution in [3.63, 3.8) is 0 Å². The standard InChI is InChI=1S/C13H20N2O3S/c1-4-10-9-15(5-2)12-8-11(19(16,17)14-3)6-7-13(12)18-10/h6-8,10,14H,4-5,9H2,1-3H3. The fourth-order valence-electron chi connectivity index (χ4n) is 2.20. The molecule has 106 valence electrons. The number of hydrogen-bond donors (Lipinski definition) is 1. The van der Waals surface area contributed by atoms with Crippen molar-refractivity contribution in [2.45, 2.75) is 31.3 Å². The number of hydrogen-bond acceptors (Lipinski definition) is 4. The van der Waals surface area contributed by atoms with Crippen LogP contribution in [0.25, 0.3) is 0 Å². The van der Waals surface area contributed by atoms with Crippen molar-refractivity contribution in [1.82, 2.24) is 4.72 Å². The first-order valence-corrected chi connectivity index (χ1v) is 7.99. The zero-order valence-electron chi connectivity index (χ0n) is 11.5. The molecule has 0 fully saturated rings. The Morgan fingerprint density at radius 2 is 2.16 bits per heavy atom. The van der Waals surface area contributed by atoms with Crippen molar-refractivity contribution in [3.05, 3.63) is 18.2 Å². The Hall–Kier alpha value is -1.27. The van der Waals surface area contributed by atoms with Gasteiger partial charge in [0, 0.05) is 6.54 Å². The highest BCUT2D eigenvalue weighted by atomic mass is 32.2. The summed E-state index contributed by atoms with van der Waals surface area (Å²) < 4.78 is 31.9. The monoisotopic (exact) mass is 284 g/mol. The van der Waals surface area contributed by atoms with Gasteiger partial charge in [-0.1, -0.05) is 6.92 Å². The smallest absolute Gasteiger partial charge is 0.240 e. The quantitative estimate of drug-likeness (QED) is 0.912. The van der Waals surface area contributed by atoms with Crippen LogP contribution in [0, 0.1) is 0 Å². The molecule has 0 bridgehead atoms. The highest BCUT2D eigenvalue weighted by Gasteiger charge is 2.25. The largest absolute Gasteiger partial charge is 0.486 e. The van der Waals surface area contributed by atoms with Gasteiger partial charge in [0.05, 0.1) is 17.1 Å². The molecule has 2 rings (SSSR count). The summed E-state index contributed by atoms with van der Waals surface area (Å²) in [5.41, 5.74) is 0.850. The molecule has 0 spiro atoms. The Labute approximate surface area is 114 Å². The third kappa shape index (κ3) is 2.69. The molecule has 0 amide bonds. The molecular formula is C13H20N2O3S. The second-order valence-electron chi connectivity index (χ2n) is 4.52. The predicted molar refractivity (Wildman–Crippen MR) is 75.3 cm³/mol. The fourth-order valence-corrected chi connectivity index (χ4v) is 2.95. The van der Waals surface area contributed by atoms with Crippen LogP contribution < -0.4 is 14.4 Å². The van der Waals surface area contributed by atoms with E-state index in [0.29, 0.717) is 0 Å². The maximum Gasteiger partial charge on any atom is 0.240 e. The van der Waals surface area contributed by atoms with E-state index < -0.39 is 10.0 Å². The molecule has 6 heteroatoms. The molecule has 1 N–H and O–H groups in total. The SMILES string of the molecule is CCC1CN(CC)c2cc(S(=O)(=O)NC)ccc2O1. The van der Waals surface area contributed by atoms with Gasteiger partial charge in [0.25, 0.3) is 0 Å². The van der Waals surface area contributed by atoms with Crippen molar-refractivity contribution in [1.29, 1.82) is 0 Å². The Morgan fingerprint density at radius 1 is 1.42 bits per heavy atom. The van der Waals surface area contributed by atoms with Crippen molar-refractivity contribution in [3.8, 4) is 5.75 Å². The number of likely N-dealkylation sites (N-methyl/N-ethyl adjacent to an activating group) is 1. The van der Waals surface area contributed by atoms with Crippen LogP contribution in [0.4, 0.5) is 5.69 Å². The lowest BCUT2D eigenvalue weighted by Gasteiger charge is -2.35. The summed E-state index contributed by atoms with van der Waals surface area (Å²) in [6.45, 7) is 5.77. The summed E-state index contributed by atoms with van der Waals surface area (Å²) in [6.07, 6.45) is 1.10. The first-order valence-electron chi connectivity index (χ1n) is 6.51. The summed E-state index contributed by atoms with van der Waals surface area (Å²) in [5.74, 6) is 0.759. The van der Waals surface area contributed by atoms with Crippen LogP contribution in [0.2, 0.25) is 0 Å². The highest BCUT2D eigenvalue weighted by Crippen LogP contribution is 2.35. The van der Waals surface area contributed by atoms with Gasteiger partial charge in [-0.2, -0.15) is 0 Å². The number of sulfonamides is 1. The van der Waals surface area contributed by atoms with Crippen molar-refractivity contribution < 1.29 is 13.2 Å². The predicted octanol–water partition coefficient (Wildman–Crippen LogP) is 1.59. The lowest BCUT2D eigenvalue weighted by molar-refractivity contribution is 0.189. The molecule has 5 nitrogen and oxygen atoms in total. The van der Waals surface area contributed by atoms with E-state index >= 15 is 0 Å². The van der Waals surface area contributed by atoms with Crippen LogP contribution in [-0.4, -0.2) is 34.7 Å². The normalized spacial score (nSPS) is 18.9. The van der Waals surface area contributed by atoms with Gasteiger partial charge in [-0.3, -0.25) is 0 Å². The van der Waals surface area contributed by atoms with E-state index in [2.05, 4.69) is 23.5 Å². The average Bonchev–Trinajstić information content (AvgIpc) is 2.45. The summed E-state index contributed by atoms with van der Waals surface area (Å²) in [4.78, 5) is 2.42. The minimum atomic E-state index is -3.41. The average molecular weight is 284 g/mol. The van der Waals surface area contributed by atoms with Crippen LogP contribution in [-0.2, 0) is 10.0 Å². The molecule has 0 aliphatic carbocycles. The molecule has 1 aliphatic rings. The minimum absolute atomic E-state index is 0.166. The summed E-state index contributed by atoms with van der Waals surface area (Å²) >= 11 is 0. The molecule has 0 saturated heterocycles. The van der Waals surface area contributed by atoms with E-state index in [1.54, 1.807) is 18.2 Å². The Balaban J connectivity index is 2.44. The first-order chi connectivity index (χ1) is 9.01. The molecule has 1 aliphatic heterocycles. The maximum atomic E-state index is 11.8. The first kappa shape index (κ1) is 14.1. The number of rotatable bonds is 4. The van der Waals surface area contributed by atoms with E-state index in [-0.39, 0.29) is 11.0 Å². The summed E-state index contributed by atoms with van der Waals surface area (Å²) in [6, 6.07) is 5.00. The second kappa shape index (κ2) is 5.38. The van der Waals surface area contributed by atoms with Crippen molar-refractivity contribution in [2.75, 3.05) is 25.0 Å².